The van der Waals surface area contributed by atoms with Gasteiger partial charge < -0.3 is 10.2 Å². The van der Waals surface area contributed by atoms with Gasteiger partial charge >= 0.3 is 0 Å². The summed E-state index contributed by atoms with van der Waals surface area (Å²) < 4.78 is 0. The summed E-state index contributed by atoms with van der Waals surface area (Å²) in [5.41, 5.74) is 2.94. The van der Waals surface area contributed by atoms with E-state index in [1.807, 2.05) is 0 Å². The predicted octanol–water partition coefficient (Wildman–Crippen LogP) is 3.17. The van der Waals surface area contributed by atoms with Crippen LogP contribution in [0.3, 0.4) is 0 Å². The average Bonchev–Trinajstić information content (AvgIpc) is 3.19. The molecule has 1 saturated carbocycles. The van der Waals surface area contributed by atoms with Gasteiger partial charge in [-0.3, -0.25) is 0 Å². The van der Waals surface area contributed by atoms with Crippen molar-refractivity contribution in [3.63, 3.8) is 0 Å². The van der Waals surface area contributed by atoms with Crippen molar-refractivity contribution in [2.45, 2.75) is 51.7 Å². The second kappa shape index (κ2) is 6.91. The average molecular weight is 246 g/mol. The summed E-state index contributed by atoms with van der Waals surface area (Å²) in [4.78, 5) is 2.43. The summed E-state index contributed by atoms with van der Waals surface area (Å²) in [5, 5.41) is 3.61. The molecule has 0 aromatic heterocycles. The van der Waals surface area contributed by atoms with E-state index in [2.05, 4.69) is 48.5 Å². The van der Waals surface area contributed by atoms with Gasteiger partial charge in [-0.1, -0.05) is 37.6 Å². The van der Waals surface area contributed by atoms with Crippen molar-refractivity contribution in [3.8, 4) is 0 Å². The van der Waals surface area contributed by atoms with Crippen LogP contribution in [-0.2, 0) is 13.1 Å². The number of benzene rings is 1. The first kappa shape index (κ1) is 13.6. The first-order valence-electron chi connectivity index (χ1n) is 7.28. The molecule has 2 rings (SSSR count). The molecular formula is C16H26N2. The molecule has 0 bridgehead atoms. The lowest BCUT2D eigenvalue weighted by Gasteiger charge is -2.18. The van der Waals surface area contributed by atoms with E-state index in [0.29, 0.717) is 0 Å². The van der Waals surface area contributed by atoms with Crippen LogP contribution in [0.1, 0.15) is 43.7 Å². The van der Waals surface area contributed by atoms with Crippen LogP contribution in [-0.4, -0.2) is 24.5 Å². The summed E-state index contributed by atoms with van der Waals surface area (Å²) in [7, 11) is 2.22. The Kier molecular flexibility index (Phi) is 5.21. The van der Waals surface area contributed by atoms with E-state index >= 15 is 0 Å². The van der Waals surface area contributed by atoms with E-state index in [9.17, 15) is 0 Å². The highest BCUT2D eigenvalue weighted by Crippen LogP contribution is 2.20. The Balaban J connectivity index is 1.88. The summed E-state index contributed by atoms with van der Waals surface area (Å²) in [6.07, 6.45) is 5.28. The first-order valence-corrected chi connectivity index (χ1v) is 7.28. The fraction of sp³-hybridized carbons (Fsp3) is 0.625. The molecule has 1 aromatic carbocycles. The van der Waals surface area contributed by atoms with Crippen LogP contribution in [0.4, 0.5) is 0 Å². The summed E-state index contributed by atoms with van der Waals surface area (Å²) in [6.45, 7) is 5.55. The zero-order valence-corrected chi connectivity index (χ0v) is 11.8. The van der Waals surface area contributed by atoms with Gasteiger partial charge in [0.05, 0.1) is 0 Å². The number of nitrogens with one attached hydrogen (secondary N) is 1. The largest absolute Gasteiger partial charge is 0.310 e. The Morgan fingerprint density at radius 1 is 1.22 bits per heavy atom. The van der Waals surface area contributed by atoms with Gasteiger partial charge in [0.25, 0.3) is 0 Å². The predicted molar refractivity (Wildman–Crippen MR) is 77.5 cm³/mol. The molecule has 0 atom stereocenters. The molecule has 0 spiro atoms. The molecule has 0 radical (unpaired) electrons. The monoisotopic (exact) mass is 246 g/mol. The molecule has 1 aromatic rings. The second-order valence-electron chi connectivity index (χ2n) is 5.52. The third-order valence-corrected chi connectivity index (χ3v) is 3.61. The van der Waals surface area contributed by atoms with Crippen LogP contribution in [0.25, 0.3) is 0 Å². The Morgan fingerprint density at radius 3 is 2.61 bits per heavy atom. The lowest BCUT2D eigenvalue weighted by atomic mass is 10.1. The SMILES string of the molecule is CCCCN(C)Cc1ccccc1CNC1CC1. The van der Waals surface area contributed by atoms with Crippen molar-refractivity contribution in [2.75, 3.05) is 13.6 Å². The van der Waals surface area contributed by atoms with Crippen LogP contribution in [0.15, 0.2) is 24.3 Å². The molecule has 0 heterocycles. The topological polar surface area (TPSA) is 15.3 Å². The van der Waals surface area contributed by atoms with Crippen molar-refractivity contribution < 1.29 is 0 Å². The highest BCUT2D eigenvalue weighted by molar-refractivity contribution is 5.27. The van der Waals surface area contributed by atoms with Crippen LogP contribution < -0.4 is 5.32 Å². The van der Waals surface area contributed by atoms with E-state index in [0.717, 1.165) is 19.1 Å². The molecule has 1 N–H and O–H groups in total. The Bertz CT molecular complexity index is 358. The maximum absolute atomic E-state index is 3.61. The van der Waals surface area contributed by atoms with E-state index in [1.165, 1.54) is 43.4 Å². The van der Waals surface area contributed by atoms with Gasteiger partial charge in [0.2, 0.25) is 0 Å². The van der Waals surface area contributed by atoms with Crippen LogP contribution >= 0.6 is 0 Å². The molecule has 1 aliphatic rings. The van der Waals surface area contributed by atoms with Crippen molar-refractivity contribution in [2.24, 2.45) is 0 Å². The van der Waals surface area contributed by atoms with E-state index in [4.69, 9.17) is 0 Å². The van der Waals surface area contributed by atoms with Gasteiger partial charge in [0, 0.05) is 19.1 Å². The maximum Gasteiger partial charge on any atom is 0.0233 e. The lowest BCUT2D eigenvalue weighted by Crippen LogP contribution is -2.22. The fourth-order valence-electron chi connectivity index (χ4n) is 2.22. The van der Waals surface area contributed by atoms with Gasteiger partial charge in [-0.05, 0) is 44.0 Å². The molecule has 100 valence electrons. The molecule has 2 heteroatoms. The molecular weight excluding hydrogens is 220 g/mol. The van der Waals surface area contributed by atoms with E-state index in [1.54, 1.807) is 0 Å². The molecule has 1 fully saturated rings. The van der Waals surface area contributed by atoms with Gasteiger partial charge in [-0.25, -0.2) is 0 Å². The molecule has 1 aliphatic carbocycles. The minimum Gasteiger partial charge on any atom is -0.310 e. The highest BCUT2D eigenvalue weighted by atomic mass is 15.1. The Labute approximate surface area is 111 Å². The number of rotatable bonds is 8. The second-order valence-corrected chi connectivity index (χ2v) is 5.52. The summed E-state index contributed by atoms with van der Waals surface area (Å²) in [5.74, 6) is 0. The van der Waals surface area contributed by atoms with Crippen LogP contribution in [0, 0.1) is 0 Å². The molecule has 0 amide bonds. The van der Waals surface area contributed by atoms with Gasteiger partial charge in [-0.15, -0.1) is 0 Å². The van der Waals surface area contributed by atoms with Crippen molar-refractivity contribution in [1.29, 1.82) is 0 Å². The number of hydrogen-bond acceptors (Lipinski definition) is 2. The summed E-state index contributed by atoms with van der Waals surface area (Å²) >= 11 is 0. The fourth-order valence-corrected chi connectivity index (χ4v) is 2.22. The Hall–Kier alpha value is -0.860. The number of hydrogen-bond donors (Lipinski definition) is 1. The van der Waals surface area contributed by atoms with E-state index < -0.39 is 0 Å². The van der Waals surface area contributed by atoms with Crippen LogP contribution in [0.2, 0.25) is 0 Å². The molecule has 0 unspecified atom stereocenters. The molecule has 0 saturated heterocycles. The van der Waals surface area contributed by atoms with Crippen molar-refractivity contribution in [1.82, 2.24) is 10.2 Å². The van der Waals surface area contributed by atoms with Gasteiger partial charge in [0.15, 0.2) is 0 Å². The highest BCUT2D eigenvalue weighted by Gasteiger charge is 2.20. The molecule has 0 aliphatic heterocycles. The maximum atomic E-state index is 3.61. The normalized spacial score (nSPS) is 15.3. The summed E-state index contributed by atoms with van der Waals surface area (Å²) in [6, 6.07) is 9.63. The molecule has 2 nitrogen and oxygen atoms in total. The first-order chi connectivity index (χ1) is 8.79. The zero-order valence-electron chi connectivity index (χ0n) is 11.8. The standard InChI is InChI=1S/C16H26N2/c1-3-4-11-18(2)13-15-8-6-5-7-14(15)12-17-16-9-10-16/h5-8,16-17H,3-4,9-13H2,1-2H3. The smallest absolute Gasteiger partial charge is 0.0233 e. The Morgan fingerprint density at radius 2 is 1.94 bits per heavy atom. The van der Waals surface area contributed by atoms with Gasteiger partial charge in [0.1, 0.15) is 0 Å². The zero-order chi connectivity index (χ0) is 12.8. The van der Waals surface area contributed by atoms with Crippen molar-refractivity contribution >= 4 is 0 Å². The quantitative estimate of drug-likeness (QED) is 0.758. The third kappa shape index (κ3) is 4.43. The number of unbranched alkanes of at least 4 members (excludes halogenated alkanes) is 1. The number of nitrogens with zero attached hydrogens (tertiary/aromatic N) is 1. The minimum atomic E-state index is 0.788. The van der Waals surface area contributed by atoms with Crippen LogP contribution in [0.5, 0.6) is 0 Å². The minimum absolute atomic E-state index is 0.788. The van der Waals surface area contributed by atoms with E-state index in [-0.39, 0.29) is 0 Å². The third-order valence-electron chi connectivity index (χ3n) is 3.61. The molecule has 18 heavy (non-hydrogen) atoms. The van der Waals surface area contributed by atoms with Gasteiger partial charge in [-0.2, -0.15) is 0 Å². The van der Waals surface area contributed by atoms with Crippen molar-refractivity contribution in [3.05, 3.63) is 35.4 Å². The lowest BCUT2D eigenvalue weighted by molar-refractivity contribution is 0.319.